The van der Waals surface area contributed by atoms with Crippen LogP contribution in [0, 0.1) is 12.7 Å². The third-order valence-electron chi connectivity index (χ3n) is 2.74. The van der Waals surface area contributed by atoms with E-state index in [1.165, 1.54) is 13.2 Å². The lowest BCUT2D eigenvalue weighted by atomic mass is 10.0. The molecule has 5 heteroatoms. The molecule has 0 aliphatic carbocycles. The Morgan fingerprint density at radius 3 is 2.72 bits per heavy atom. The van der Waals surface area contributed by atoms with Crippen LogP contribution < -0.4 is 10.1 Å². The maximum absolute atomic E-state index is 14.0. The molecule has 1 N–H and O–H groups in total. The van der Waals surface area contributed by atoms with Gasteiger partial charge in [0, 0.05) is 17.0 Å². The van der Waals surface area contributed by atoms with Crippen LogP contribution in [0.15, 0.2) is 23.6 Å². The first-order chi connectivity index (χ1) is 8.65. The monoisotopic (exact) mass is 266 g/mol. The summed E-state index contributed by atoms with van der Waals surface area (Å²) in [6.45, 7) is 1.94. The Kier molecular flexibility index (Phi) is 3.93. The lowest BCUT2D eigenvalue weighted by Gasteiger charge is -2.15. The normalized spacial score (nSPS) is 12.4. The van der Waals surface area contributed by atoms with Crippen LogP contribution in [0.2, 0.25) is 0 Å². The van der Waals surface area contributed by atoms with Gasteiger partial charge in [-0.2, -0.15) is 0 Å². The summed E-state index contributed by atoms with van der Waals surface area (Å²) in [6, 6.07) is 4.63. The molecule has 1 aromatic heterocycles. The topological polar surface area (TPSA) is 34.2 Å². The summed E-state index contributed by atoms with van der Waals surface area (Å²) >= 11 is 1.56. The van der Waals surface area contributed by atoms with Crippen LogP contribution in [-0.4, -0.2) is 19.1 Å². The Morgan fingerprint density at radius 1 is 1.44 bits per heavy atom. The maximum atomic E-state index is 14.0. The minimum atomic E-state index is -0.292. The van der Waals surface area contributed by atoms with Gasteiger partial charge in [0.15, 0.2) is 0 Å². The van der Waals surface area contributed by atoms with Crippen molar-refractivity contribution < 1.29 is 9.13 Å². The zero-order chi connectivity index (χ0) is 13.1. The van der Waals surface area contributed by atoms with Crippen molar-refractivity contribution in [1.82, 2.24) is 10.3 Å². The quantitative estimate of drug-likeness (QED) is 0.924. The van der Waals surface area contributed by atoms with Gasteiger partial charge >= 0.3 is 0 Å². The number of aromatic nitrogens is 1. The number of hydrogen-bond acceptors (Lipinski definition) is 4. The number of benzene rings is 1. The van der Waals surface area contributed by atoms with Crippen molar-refractivity contribution in [2.45, 2.75) is 13.0 Å². The summed E-state index contributed by atoms with van der Waals surface area (Å²) in [5, 5.41) is 6.01. The molecule has 18 heavy (non-hydrogen) atoms. The molecule has 0 radical (unpaired) electrons. The van der Waals surface area contributed by atoms with Gasteiger partial charge in [0.25, 0.3) is 0 Å². The summed E-state index contributed by atoms with van der Waals surface area (Å²) in [5.74, 6) is 0.222. The second-order valence-corrected chi connectivity index (χ2v) is 4.96. The number of halogens is 1. The summed E-state index contributed by atoms with van der Waals surface area (Å²) in [5.41, 5.74) is 1.41. The first-order valence-electron chi connectivity index (χ1n) is 5.58. The first-order valence-corrected chi connectivity index (χ1v) is 6.46. The number of aryl methyl sites for hydroxylation is 1. The van der Waals surface area contributed by atoms with Crippen molar-refractivity contribution >= 4 is 11.3 Å². The molecular weight excluding hydrogens is 251 g/mol. The number of nitrogens with zero attached hydrogens (tertiary/aromatic N) is 1. The summed E-state index contributed by atoms with van der Waals surface area (Å²) < 4.78 is 19.0. The zero-order valence-electron chi connectivity index (χ0n) is 10.5. The van der Waals surface area contributed by atoms with E-state index in [1.54, 1.807) is 30.5 Å². The first kappa shape index (κ1) is 13.0. The van der Waals surface area contributed by atoms with Gasteiger partial charge in [-0.05, 0) is 20.0 Å². The zero-order valence-corrected chi connectivity index (χ0v) is 11.3. The van der Waals surface area contributed by atoms with E-state index in [4.69, 9.17) is 4.74 Å². The number of thiazole rings is 1. The van der Waals surface area contributed by atoms with E-state index in [2.05, 4.69) is 10.3 Å². The van der Waals surface area contributed by atoms with E-state index in [-0.39, 0.29) is 11.9 Å². The van der Waals surface area contributed by atoms with E-state index in [1.807, 2.05) is 12.3 Å². The molecule has 0 amide bonds. The molecule has 0 aliphatic rings. The van der Waals surface area contributed by atoms with Crippen molar-refractivity contribution in [2.24, 2.45) is 0 Å². The average molecular weight is 266 g/mol. The van der Waals surface area contributed by atoms with Crippen molar-refractivity contribution in [3.8, 4) is 5.75 Å². The molecule has 3 nitrogen and oxygen atoms in total. The average Bonchev–Trinajstić information content (AvgIpc) is 2.78. The fourth-order valence-electron chi connectivity index (χ4n) is 1.84. The fraction of sp³-hybridized carbons (Fsp3) is 0.308. The molecule has 1 atom stereocenters. The predicted octanol–water partition coefficient (Wildman–Crippen LogP) is 2.91. The van der Waals surface area contributed by atoms with Crippen LogP contribution in [0.5, 0.6) is 5.75 Å². The lowest BCUT2D eigenvalue weighted by molar-refractivity contribution is 0.410. The van der Waals surface area contributed by atoms with Crippen LogP contribution in [0.4, 0.5) is 4.39 Å². The number of ether oxygens (including phenoxy) is 1. The largest absolute Gasteiger partial charge is 0.497 e. The molecule has 2 rings (SSSR count). The third-order valence-corrected chi connectivity index (χ3v) is 3.53. The molecule has 0 saturated heterocycles. The van der Waals surface area contributed by atoms with Crippen molar-refractivity contribution in [3.63, 3.8) is 0 Å². The van der Waals surface area contributed by atoms with Gasteiger partial charge in [0.1, 0.15) is 11.6 Å². The number of rotatable bonds is 4. The highest BCUT2D eigenvalue weighted by Gasteiger charge is 2.18. The molecule has 2 aromatic rings. The second-order valence-electron chi connectivity index (χ2n) is 3.90. The summed E-state index contributed by atoms with van der Waals surface area (Å²) in [6.07, 6.45) is 0. The minimum Gasteiger partial charge on any atom is -0.497 e. The molecule has 0 spiro atoms. The predicted molar refractivity (Wildman–Crippen MR) is 70.7 cm³/mol. The molecule has 1 aromatic carbocycles. The van der Waals surface area contributed by atoms with Gasteiger partial charge in [-0.15, -0.1) is 11.3 Å². The molecular formula is C13H15FN2OS. The molecule has 0 saturated carbocycles. The van der Waals surface area contributed by atoms with E-state index >= 15 is 0 Å². The van der Waals surface area contributed by atoms with E-state index in [0.717, 1.165) is 10.7 Å². The van der Waals surface area contributed by atoms with Crippen LogP contribution >= 0.6 is 11.3 Å². The number of hydrogen-bond donors (Lipinski definition) is 1. The third kappa shape index (κ3) is 2.52. The van der Waals surface area contributed by atoms with E-state index < -0.39 is 0 Å². The lowest BCUT2D eigenvalue weighted by Crippen LogP contribution is -2.19. The highest BCUT2D eigenvalue weighted by molar-refractivity contribution is 7.09. The molecule has 1 heterocycles. The van der Waals surface area contributed by atoms with E-state index in [9.17, 15) is 4.39 Å². The van der Waals surface area contributed by atoms with Gasteiger partial charge in [0.2, 0.25) is 0 Å². The smallest absolute Gasteiger partial charge is 0.132 e. The minimum absolute atomic E-state index is 0.235. The van der Waals surface area contributed by atoms with Gasteiger partial charge in [-0.1, -0.05) is 6.07 Å². The summed E-state index contributed by atoms with van der Waals surface area (Å²) in [7, 11) is 3.32. The number of nitrogens with one attached hydrogen (secondary N) is 1. The standard InChI is InChI=1S/C13H15FN2OS/c1-8-16-12(7-18-8)13(15-2)10-5-4-9(17-3)6-11(10)14/h4-7,13,15H,1-3H3. The molecule has 0 fully saturated rings. The Bertz CT molecular complexity index is 542. The van der Waals surface area contributed by atoms with Crippen LogP contribution in [0.3, 0.4) is 0 Å². The van der Waals surface area contributed by atoms with Crippen LogP contribution in [0.1, 0.15) is 22.3 Å². The molecule has 96 valence electrons. The van der Waals surface area contributed by atoms with E-state index in [0.29, 0.717) is 11.3 Å². The Hall–Kier alpha value is -1.46. The van der Waals surface area contributed by atoms with Gasteiger partial charge in [0.05, 0.1) is 23.9 Å². The Morgan fingerprint density at radius 2 is 2.22 bits per heavy atom. The van der Waals surface area contributed by atoms with Crippen LogP contribution in [-0.2, 0) is 0 Å². The maximum Gasteiger partial charge on any atom is 0.132 e. The molecule has 1 unspecified atom stereocenters. The van der Waals surface area contributed by atoms with Crippen molar-refractivity contribution in [3.05, 3.63) is 45.7 Å². The fourth-order valence-corrected chi connectivity index (χ4v) is 2.48. The second kappa shape index (κ2) is 5.46. The van der Waals surface area contributed by atoms with Gasteiger partial charge < -0.3 is 10.1 Å². The molecule has 0 aliphatic heterocycles. The summed E-state index contributed by atoms with van der Waals surface area (Å²) in [4.78, 5) is 4.40. The highest BCUT2D eigenvalue weighted by Crippen LogP contribution is 2.27. The molecule has 0 bridgehead atoms. The van der Waals surface area contributed by atoms with Crippen LogP contribution in [0.25, 0.3) is 0 Å². The van der Waals surface area contributed by atoms with Gasteiger partial charge in [-0.25, -0.2) is 9.37 Å². The van der Waals surface area contributed by atoms with Crippen molar-refractivity contribution in [2.75, 3.05) is 14.2 Å². The highest BCUT2D eigenvalue weighted by atomic mass is 32.1. The Balaban J connectivity index is 2.39. The Labute approximate surface area is 110 Å². The SMILES string of the molecule is CNC(c1csc(C)n1)c1ccc(OC)cc1F. The van der Waals surface area contributed by atoms with Crippen molar-refractivity contribution in [1.29, 1.82) is 0 Å². The number of methoxy groups -OCH3 is 1. The van der Waals surface area contributed by atoms with Gasteiger partial charge in [-0.3, -0.25) is 0 Å².